The molecule has 3 heteroatoms. The number of furan rings is 1. The van der Waals surface area contributed by atoms with Crippen molar-refractivity contribution in [2.75, 3.05) is 0 Å². The maximum atomic E-state index is 6.16. The Bertz CT molecular complexity index is 2590. The average molecular weight is 627 g/mol. The van der Waals surface area contributed by atoms with Crippen LogP contribution < -0.4 is 0 Å². The molecule has 2 heterocycles. The summed E-state index contributed by atoms with van der Waals surface area (Å²) in [5.74, 6) is 0.691. The normalized spacial score (nSPS) is 11.3. The molecule has 0 amide bonds. The van der Waals surface area contributed by atoms with Crippen LogP contribution >= 0.6 is 0 Å². The van der Waals surface area contributed by atoms with Gasteiger partial charge in [0.1, 0.15) is 11.2 Å². The third kappa shape index (κ3) is 5.48. The molecule has 0 aliphatic rings. The van der Waals surface area contributed by atoms with E-state index in [1.54, 1.807) is 0 Å². The van der Waals surface area contributed by atoms with Crippen LogP contribution in [0.4, 0.5) is 0 Å². The predicted octanol–water partition coefficient (Wildman–Crippen LogP) is 12.4. The summed E-state index contributed by atoms with van der Waals surface area (Å²) in [5.41, 5.74) is 13.5. The first kappa shape index (κ1) is 28.6. The molecule has 0 bridgehead atoms. The molecule has 0 fully saturated rings. The van der Waals surface area contributed by atoms with Crippen molar-refractivity contribution < 1.29 is 4.42 Å². The minimum atomic E-state index is 0.691. The number of hydrogen-bond acceptors (Lipinski definition) is 3. The second-order valence-electron chi connectivity index (χ2n) is 12.2. The summed E-state index contributed by atoms with van der Waals surface area (Å²) >= 11 is 0. The first-order valence-corrected chi connectivity index (χ1v) is 16.5. The van der Waals surface area contributed by atoms with Gasteiger partial charge in [-0.25, -0.2) is 9.97 Å². The van der Waals surface area contributed by atoms with Crippen molar-refractivity contribution in [3.8, 4) is 67.3 Å². The molecule has 0 aliphatic carbocycles. The lowest BCUT2D eigenvalue weighted by molar-refractivity contribution is 0.669. The third-order valence-corrected chi connectivity index (χ3v) is 9.11. The Balaban J connectivity index is 1.12. The smallest absolute Gasteiger partial charge is 0.160 e. The highest BCUT2D eigenvalue weighted by molar-refractivity contribution is 6.12. The van der Waals surface area contributed by atoms with Crippen LogP contribution in [0.5, 0.6) is 0 Å². The molecule has 7 aromatic carbocycles. The van der Waals surface area contributed by atoms with Crippen molar-refractivity contribution in [1.82, 2.24) is 9.97 Å². The Kier molecular flexibility index (Phi) is 7.14. The SMILES string of the molecule is c1ccc(-c2cccc(-c3cccc(-c4nc(-c5ccccc5)cc(-c5ccc(-c6cccc7oc8ccccc8c67)cc5)n4)c3)c2)cc1. The standard InChI is InChI=1S/C46H30N2O/c1-3-12-31(13-4-1)35-16-9-17-36(28-35)37-18-10-19-38(29-37)46-47-41(33-14-5-2-6-15-33)30-42(48-46)34-26-24-32(25-27-34)39-21-11-23-44-45(39)40-20-7-8-22-43(40)49-44/h1-30H. The van der Waals surface area contributed by atoms with Gasteiger partial charge in [-0.2, -0.15) is 0 Å². The molecule has 230 valence electrons. The molecule has 49 heavy (non-hydrogen) atoms. The summed E-state index contributed by atoms with van der Waals surface area (Å²) < 4.78 is 6.16. The van der Waals surface area contributed by atoms with Gasteiger partial charge in [-0.3, -0.25) is 0 Å². The van der Waals surface area contributed by atoms with Crippen LogP contribution in [0.1, 0.15) is 0 Å². The van der Waals surface area contributed by atoms with Crippen LogP contribution in [0.2, 0.25) is 0 Å². The molecule has 0 spiro atoms. The van der Waals surface area contributed by atoms with Gasteiger partial charge in [0.05, 0.1) is 11.4 Å². The number of para-hydroxylation sites is 1. The summed E-state index contributed by atoms with van der Waals surface area (Å²) in [6.45, 7) is 0. The van der Waals surface area contributed by atoms with Crippen molar-refractivity contribution in [1.29, 1.82) is 0 Å². The van der Waals surface area contributed by atoms with Gasteiger partial charge in [0.25, 0.3) is 0 Å². The largest absolute Gasteiger partial charge is 0.456 e. The highest BCUT2D eigenvalue weighted by Crippen LogP contribution is 2.38. The topological polar surface area (TPSA) is 38.9 Å². The molecule has 2 aromatic heterocycles. The zero-order chi connectivity index (χ0) is 32.6. The molecule has 9 aromatic rings. The van der Waals surface area contributed by atoms with Crippen molar-refractivity contribution in [3.63, 3.8) is 0 Å². The van der Waals surface area contributed by atoms with E-state index in [1.165, 1.54) is 11.1 Å². The molecule has 0 saturated carbocycles. The monoisotopic (exact) mass is 626 g/mol. The number of fused-ring (bicyclic) bond motifs is 3. The highest BCUT2D eigenvalue weighted by Gasteiger charge is 2.15. The fourth-order valence-electron chi connectivity index (χ4n) is 6.66. The Morgan fingerprint density at radius 2 is 0.816 bits per heavy atom. The summed E-state index contributed by atoms with van der Waals surface area (Å²) in [6, 6.07) is 63.3. The van der Waals surface area contributed by atoms with E-state index >= 15 is 0 Å². The van der Waals surface area contributed by atoms with E-state index in [0.717, 1.165) is 72.3 Å². The third-order valence-electron chi connectivity index (χ3n) is 9.11. The van der Waals surface area contributed by atoms with Gasteiger partial charge < -0.3 is 4.42 Å². The van der Waals surface area contributed by atoms with Crippen molar-refractivity contribution >= 4 is 21.9 Å². The number of benzene rings is 7. The molecule has 0 radical (unpaired) electrons. The molecule has 0 aliphatic heterocycles. The first-order valence-electron chi connectivity index (χ1n) is 16.5. The zero-order valence-corrected chi connectivity index (χ0v) is 26.6. The second-order valence-corrected chi connectivity index (χ2v) is 12.2. The van der Waals surface area contributed by atoms with Crippen molar-refractivity contribution in [3.05, 3.63) is 182 Å². The van der Waals surface area contributed by atoms with Gasteiger partial charge in [-0.1, -0.05) is 152 Å². The molecule has 3 nitrogen and oxygen atoms in total. The van der Waals surface area contributed by atoms with Crippen LogP contribution in [-0.2, 0) is 0 Å². The van der Waals surface area contributed by atoms with E-state index in [0.29, 0.717) is 5.82 Å². The molecular weight excluding hydrogens is 597 g/mol. The molecule has 0 unspecified atom stereocenters. The Morgan fingerprint density at radius 3 is 1.53 bits per heavy atom. The average Bonchev–Trinajstić information content (AvgIpc) is 3.58. The van der Waals surface area contributed by atoms with E-state index in [4.69, 9.17) is 14.4 Å². The number of rotatable bonds is 6. The minimum absolute atomic E-state index is 0.691. The van der Waals surface area contributed by atoms with Crippen LogP contribution in [0.15, 0.2) is 186 Å². The first-order chi connectivity index (χ1) is 24.3. The van der Waals surface area contributed by atoms with Crippen LogP contribution in [0.25, 0.3) is 89.2 Å². The summed E-state index contributed by atoms with van der Waals surface area (Å²) in [5, 5.41) is 2.26. The van der Waals surface area contributed by atoms with E-state index in [-0.39, 0.29) is 0 Å². The Labute approximate surface area is 284 Å². The lowest BCUT2D eigenvalue weighted by Gasteiger charge is -2.12. The van der Waals surface area contributed by atoms with Gasteiger partial charge in [-0.05, 0) is 63.7 Å². The number of aromatic nitrogens is 2. The highest BCUT2D eigenvalue weighted by atomic mass is 16.3. The quantitative estimate of drug-likeness (QED) is 0.184. The lowest BCUT2D eigenvalue weighted by atomic mass is 9.97. The number of nitrogens with zero attached hydrogens (tertiary/aromatic N) is 2. The minimum Gasteiger partial charge on any atom is -0.456 e. The van der Waals surface area contributed by atoms with Gasteiger partial charge in [-0.15, -0.1) is 0 Å². The van der Waals surface area contributed by atoms with E-state index in [2.05, 4.69) is 140 Å². The summed E-state index contributed by atoms with van der Waals surface area (Å²) in [7, 11) is 0. The fourth-order valence-corrected chi connectivity index (χ4v) is 6.66. The maximum Gasteiger partial charge on any atom is 0.160 e. The second kappa shape index (κ2) is 12.2. The zero-order valence-electron chi connectivity index (χ0n) is 26.6. The molecular formula is C46H30N2O. The van der Waals surface area contributed by atoms with Crippen LogP contribution in [-0.4, -0.2) is 9.97 Å². The molecule has 0 saturated heterocycles. The van der Waals surface area contributed by atoms with Gasteiger partial charge in [0.2, 0.25) is 0 Å². The van der Waals surface area contributed by atoms with Gasteiger partial charge in [0, 0.05) is 27.5 Å². The van der Waals surface area contributed by atoms with Crippen molar-refractivity contribution in [2.24, 2.45) is 0 Å². The van der Waals surface area contributed by atoms with E-state index in [9.17, 15) is 0 Å². The molecule has 0 N–H and O–H groups in total. The summed E-state index contributed by atoms with van der Waals surface area (Å²) in [6.07, 6.45) is 0. The van der Waals surface area contributed by atoms with Crippen molar-refractivity contribution in [2.45, 2.75) is 0 Å². The Hall–Kier alpha value is -6.58. The lowest BCUT2D eigenvalue weighted by Crippen LogP contribution is -1.96. The Morgan fingerprint density at radius 1 is 0.327 bits per heavy atom. The van der Waals surface area contributed by atoms with Gasteiger partial charge >= 0.3 is 0 Å². The van der Waals surface area contributed by atoms with E-state index in [1.807, 2.05) is 42.5 Å². The van der Waals surface area contributed by atoms with Crippen LogP contribution in [0.3, 0.4) is 0 Å². The van der Waals surface area contributed by atoms with Crippen LogP contribution in [0, 0.1) is 0 Å². The van der Waals surface area contributed by atoms with E-state index < -0.39 is 0 Å². The molecule has 9 rings (SSSR count). The number of hydrogen-bond donors (Lipinski definition) is 0. The summed E-state index contributed by atoms with van der Waals surface area (Å²) in [4.78, 5) is 10.3. The fraction of sp³-hybridized carbons (Fsp3) is 0. The van der Waals surface area contributed by atoms with Gasteiger partial charge in [0.15, 0.2) is 5.82 Å². The predicted molar refractivity (Wildman–Crippen MR) is 202 cm³/mol. The molecule has 0 atom stereocenters. The maximum absolute atomic E-state index is 6.16.